The SMILES string of the molecule is CC(=O)Nc1ccc2ccc(O[Si](c3ccccc3)(c3ccccc3)C(C)(C)C)cc2c1N(CCO)C(C)c1cnc2n1C(c1ccc(C#N)c(F)c1)CS2. The number of nitriles is 1. The normalized spacial score (nSPS) is 14.6. The molecule has 2 atom stereocenters. The van der Waals surface area contributed by atoms with E-state index in [0.29, 0.717) is 17.2 Å². The third kappa shape index (κ3) is 7.02. The van der Waals surface area contributed by atoms with Gasteiger partial charge in [0.1, 0.15) is 17.6 Å². The molecule has 5 aromatic carbocycles. The van der Waals surface area contributed by atoms with Gasteiger partial charge in [0.2, 0.25) is 5.91 Å². The highest BCUT2D eigenvalue weighted by Gasteiger charge is 2.52. The Morgan fingerprint density at radius 2 is 1.73 bits per heavy atom. The molecule has 6 aromatic rings. The number of imidazole rings is 1. The number of benzene rings is 5. The topological polar surface area (TPSA) is 103 Å². The number of fused-ring (bicyclic) bond motifs is 2. The van der Waals surface area contributed by atoms with Crippen molar-refractivity contribution in [3.8, 4) is 11.8 Å². The molecule has 0 saturated carbocycles. The van der Waals surface area contributed by atoms with E-state index in [-0.39, 0.29) is 41.7 Å². The lowest BCUT2D eigenvalue weighted by atomic mass is 10.0. The smallest absolute Gasteiger partial charge is 0.319 e. The number of carbonyl (C=O) groups excluding carboxylic acids is 1. The van der Waals surface area contributed by atoms with Gasteiger partial charge in [0, 0.05) is 24.6 Å². The zero-order valence-corrected chi connectivity index (χ0v) is 33.4. The van der Waals surface area contributed by atoms with Gasteiger partial charge in [0.15, 0.2) is 5.16 Å². The van der Waals surface area contributed by atoms with Gasteiger partial charge in [0.25, 0.3) is 0 Å². The fraction of sp³-hybridized carbons (Fsp3) is 0.250. The second-order valence-corrected chi connectivity index (χ2v) is 20.1. The summed E-state index contributed by atoms with van der Waals surface area (Å²) in [7, 11) is -2.99. The average Bonchev–Trinajstić information content (AvgIpc) is 3.79. The quantitative estimate of drug-likeness (QED) is 0.128. The van der Waals surface area contributed by atoms with E-state index < -0.39 is 14.1 Å². The van der Waals surface area contributed by atoms with E-state index in [1.165, 1.54) is 19.1 Å². The van der Waals surface area contributed by atoms with Crippen molar-refractivity contribution in [1.82, 2.24) is 9.55 Å². The summed E-state index contributed by atoms with van der Waals surface area (Å²) in [6.07, 6.45) is 1.84. The third-order valence-corrected chi connectivity index (χ3v) is 16.4. The van der Waals surface area contributed by atoms with Crippen molar-refractivity contribution in [2.45, 2.75) is 56.9 Å². The Balaban J connectivity index is 1.38. The van der Waals surface area contributed by atoms with E-state index in [4.69, 9.17) is 9.41 Å². The standard InChI is InChI=1S/C44H44FN5O3SSi/c1-29(40-27-47-43-50(40)41(28-54-43)32-16-17-33(26-46)38(45)24-32)49(22-23-51)42-37-25-34(20-18-31(37)19-21-39(42)48-30(2)52)53-55(44(3,4)5,35-12-8-6-9-13-35)36-14-10-7-11-15-36/h6-21,24-25,27,29,41,51H,22-23,28H2,1-5H3,(H,48,52). The van der Waals surface area contributed by atoms with Crippen LogP contribution in [0.2, 0.25) is 5.04 Å². The van der Waals surface area contributed by atoms with Gasteiger partial charge < -0.3 is 24.3 Å². The van der Waals surface area contributed by atoms with Crippen LogP contribution < -0.4 is 25.0 Å². The van der Waals surface area contributed by atoms with E-state index in [9.17, 15) is 19.6 Å². The minimum Gasteiger partial charge on any atom is -0.534 e. The number of nitrogens with one attached hydrogen (secondary N) is 1. The van der Waals surface area contributed by atoms with Gasteiger partial charge in [0.05, 0.1) is 47.5 Å². The van der Waals surface area contributed by atoms with Crippen molar-refractivity contribution < 1.29 is 18.7 Å². The highest BCUT2D eigenvalue weighted by atomic mass is 32.2. The Kier molecular flexibility index (Phi) is 10.6. The molecule has 1 amide bonds. The Labute approximate surface area is 326 Å². The Morgan fingerprint density at radius 1 is 1.05 bits per heavy atom. The van der Waals surface area contributed by atoms with E-state index in [1.807, 2.05) is 48.7 Å². The molecule has 0 fully saturated rings. The van der Waals surface area contributed by atoms with Gasteiger partial charge >= 0.3 is 8.32 Å². The molecule has 0 aliphatic carbocycles. The number of aromatic nitrogens is 2. The maximum Gasteiger partial charge on any atom is 0.319 e. The van der Waals surface area contributed by atoms with E-state index >= 15 is 0 Å². The van der Waals surface area contributed by atoms with Gasteiger partial charge in [-0.2, -0.15) is 5.26 Å². The molecule has 0 radical (unpaired) electrons. The van der Waals surface area contributed by atoms with Gasteiger partial charge in [-0.25, -0.2) is 9.37 Å². The first-order valence-corrected chi connectivity index (χ1v) is 21.3. The molecule has 0 bridgehead atoms. The lowest BCUT2D eigenvalue weighted by molar-refractivity contribution is -0.114. The highest BCUT2D eigenvalue weighted by molar-refractivity contribution is 7.99. The van der Waals surface area contributed by atoms with Crippen molar-refractivity contribution in [1.29, 1.82) is 5.26 Å². The maximum atomic E-state index is 14.9. The number of hydrogen-bond acceptors (Lipinski definition) is 7. The third-order valence-electron chi connectivity index (χ3n) is 10.5. The van der Waals surface area contributed by atoms with Crippen LogP contribution in [0, 0.1) is 17.1 Å². The molecule has 1 aliphatic rings. The molecule has 7 rings (SSSR count). The lowest BCUT2D eigenvalue weighted by Crippen LogP contribution is -2.68. The summed E-state index contributed by atoms with van der Waals surface area (Å²) in [6.45, 7) is 10.4. The van der Waals surface area contributed by atoms with Gasteiger partial charge in [-0.15, -0.1) is 0 Å². The first kappa shape index (κ1) is 37.9. The lowest BCUT2D eigenvalue weighted by Gasteiger charge is -2.43. The van der Waals surface area contributed by atoms with Crippen LogP contribution in [0.1, 0.15) is 63.5 Å². The molecule has 280 valence electrons. The van der Waals surface area contributed by atoms with Crippen molar-refractivity contribution in [2.75, 3.05) is 29.1 Å². The van der Waals surface area contributed by atoms with Crippen LogP contribution in [0.4, 0.5) is 15.8 Å². The number of halogens is 1. The summed E-state index contributed by atoms with van der Waals surface area (Å²) in [5.41, 5.74) is 2.96. The second-order valence-electron chi connectivity index (χ2n) is 14.9. The van der Waals surface area contributed by atoms with E-state index in [1.54, 1.807) is 17.8 Å². The molecule has 2 unspecified atom stereocenters. The van der Waals surface area contributed by atoms with Crippen LogP contribution in [0.3, 0.4) is 0 Å². The van der Waals surface area contributed by atoms with Crippen molar-refractivity contribution in [2.24, 2.45) is 0 Å². The molecule has 1 aromatic heterocycles. The number of rotatable bonds is 11. The van der Waals surface area contributed by atoms with Crippen LogP contribution >= 0.6 is 11.8 Å². The number of anilines is 2. The summed E-state index contributed by atoms with van der Waals surface area (Å²) in [5, 5.41) is 27.6. The van der Waals surface area contributed by atoms with Crippen LogP contribution in [-0.2, 0) is 4.79 Å². The molecule has 11 heteroatoms. The minimum atomic E-state index is -2.99. The molecule has 8 nitrogen and oxygen atoms in total. The number of aliphatic hydroxyl groups is 1. The van der Waals surface area contributed by atoms with Crippen LogP contribution in [-0.4, -0.2) is 47.8 Å². The molecule has 0 spiro atoms. The van der Waals surface area contributed by atoms with Gasteiger partial charge in [-0.3, -0.25) is 4.79 Å². The second kappa shape index (κ2) is 15.4. The largest absolute Gasteiger partial charge is 0.534 e. The molecule has 55 heavy (non-hydrogen) atoms. The summed E-state index contributed by atoms with van der Waals surface area (Å²) in [5.74, 6) is 0.579. The van der Waals surface area contributed by atoms with E-state index in [0.717, 1.165) is 43.2 Å². The average molecular weight is 770 g/mol. The van der Waals surface area contributed by atoms with Gasteiger partial charge in [-0.05, 0) is 63.6 Å². The first-order valence-electron chi connectivity index (χ1n) is 18.4. The summed E-state index contributed by atoms with van der Waals surface area (Å²) in [6, 6.07) is 37.1. The molecule has 1 aliphatic heterocycles. The van der Waals surface area contributed by atoms with Crippen LogP contribution in [0.25, 0.3) is 10.8 Å². The first-order chi connectivity index (χ1) is 26.5. The fourth-order valence-corrected chi connectivity index (χ4v) is 13.5. The number of amides is 1. The van der Waals surface area contributed by atoms with Crippen molar-refractivity contribution in [3.63, 3.8) is 0 Å². The van der Waals surface area contributed by atoms with Gasteiger partial charge in [-0.1, -0.05) is 111 Å². The number of thioether (sulfide) groups is 1. The predicted octanol–water partition coefficient (Wildman–Crippen LogP) is 8.20. The zero-order chi connectivity index (χ0) is 38.9. The van der Waals surface area contributed by atoms with Crippen LogP contribution in [0.15, 0.2) is 121 Å². The summed E-state index contributed by atoms with van der Waals surface area (Å²) in [4.78, 5) is 19.6. The van der Waals surface area contributed by atoms with E-state index in [2.05, 4.69) is 97.1 Å². The minimum absolute atomic E-state index is 0.00252. The number of hydrogen-bond donors (Lipinski definition) is 2. The monoisotopic (exact) mass is 769 g/mol. The molecular weight excluding hydrogens is 726 g/mol. The van der Waals surface area contributed by atoms with Crippen LogP contribution in [0.5, 0.6) is 5.75 Å². The zero-order valence-electron chi connectivity index (χ0n) is 31.6. The maximum absolute atomic E-state index is 14.9. The summed E-state index contributed by atoms with van der Waals surface area (Å²) >= 11 is 1.59. The highest BCUT2D eigenvalue weighted by Crippen LogP contribution is 2.45. The predicted molar refractivity (Wildman–Crippen MR) is 222 cm³/mol. The number of nitrogens with zero attached hydrogens (tertiary/aromatic N) is 4. The Bertz CT molecular complexity index is 2350. The summed E-state index contributed by atoms with van der Waals surface area (Å²) < 4.78 is 24.5. The Morgan fingerprint density at radius 3 is 2.33 bits per heavy atom. The number of carbonyl (C=O) groups is 1. The Hall–Kier alpha value is -5.41. The molecule has 2 N–H and O–H groups in total. The van der Waals surface area contributed by atoms with Crippen molar-refractivity contribution >= 4 is 58.5 Å². The fourth-order valence-electron chi connectivity index (χ4n) is 7.93. The molecular formula is C44H44FN5O3SSi. The molecule has 0 saturated heterocycles. The number of aliphatic hydroxyl groups excluding tert-OH is 1. The molecule has 2 heterocycles. The van der Waals surface area contributed by atoms with Crippen molar-refractivity contribution in [3.05, 3.63) is 138 Å².